The second-order valence-electron chi connectivity index (χ2n) is 4.15. The Hall–Kier alpha value is -0.790. The molecule has 1 aliphatic rings. The van der Waals surface area contributed by atoms with Crippen molar-refractivity contribution in [1.82, 2.24) is 4.90 Å². The van der Waals surface area contributed by atoms with Crippen molar-refractivity contribution >= 4 is 17.7 Å². The van der Waals surface area contributed by atoms with Gasteiger partial charge in [-0.2, -0.15) is 0 Å². The molecule has 0 spiro atoms. The van der Waals surface area contributed by atoms with Crippen LogP contribution < -0.4 is 0 Å². The molecule has 1 aliphatic heterocycles. The summed E-state index contributed by atoms with van der Waals surface area (Å²) < 4.78 is 0. The van der Waals surface area contributed by atoms with Gasteiger partial charge >= 0.3 is 0 Å². The lowest BCUT2D eigenvalue weighted by atomic mass is 10.1. The summed E-state index contributed by atoms with van der Waals surface area (Å²) in [6, 6.07) is 7.94. The number of piperidine rings is 1. The van der Waals surface area contributed by atoms with Crippen molar-refractivity contribution in [2.24, 2.45) is 0 Å². The molecule has 1 nitrogen and oxygen atoms in total. The van der Waals surface area contributed by atoms with Gasteiger partial charge in [0.2, 0.25) is 0 Å². The van der Waals surface area contributed by atoms with Crippen LogP contribution in [-0.2, 0) is 0 Å². The maximum absolute atomic E-state index is 5.92. The van der Waals surface area contributed by atoms with Crippen LogP contribution in [0.1, 0.15) is 18.4 Å². The smallest absolute Gasteiger partial charge is 0.0411 e. The molecule has 0 atom stereocenters. The van der Waals surface area contributed by atoms with Gasteiger partial charge in [0, 0.05) is 18.1 Å². The first-order valence-corrected chi connectivity index (χ1v) is 6.18. The molecule has 0 amide bonds. The Balaban J connectivity index is 1.84. The second kappa shape index (κ2) is 6.07. The molecule has 1 aromatic carbocycles. The zero-order valence-electron chi connectivity index (χ0n) is 9.40. The third-order valence-corrected chi connectivity index (χ3v) is 3.03. The minimum atomic E-state index is 0.799. The zero-order chi connectivity index (χ0) is 11.2. The van der Waals surface area contributed by atoms with Gasteiger partial charge in [0.05, 0.1) is 0 Å². The molecule has 1 saturated heterocycles. The van der Waals surface area contributed by atoms with E-state index in [0.29, 0.717) is 0 Å². The number of rotatable bonds is 3. The Morgan fingerprint density at radius 2 is 2.31 bits per heavy atom. The highest BCUT2D eigenvalue weighted by atomic mass is 35.5. The van der Waals surface area contributed by atoms with E-state index < -0.39 is 0 Å². The predicted octanol–water partition coefficient (Wildman–Crippen LogP) is 3.65. The van der Waals surface area contributed by atoms with Crippen molar-refractivity contribution < 1.29 is 0 Å². The highest BCUT2D eigenvalue weighted by Gasteiger charge is 2.07. The Bertz CT molecular complexity index is 354. The largest absolute Gasteiger partial charge is 0.299 e. The molecule has 0 aromatic heterocycles. The monoisotopic (exact) mass is 234 g/mol. The number of hydrogen-bond acceptors (Lipinski definition) is 1. The van der Waals surface area contributed by atoms with E-state index in [1.165, 1.54) is 24.9 Å². The first kappa shape index (κ1) is 11.7. The number of nitrogens with zero attached hydrogens (tertiary/aromatic N) is 1. The topological polar surface area (TPSA) is 3.24 Å². The zero-order valence-corrected chi connectivity index (χ0v) is 10.2. The fourth-order valence-corrected chi connectivity index (χ4v) is 2.14. The van der Waals surface area contributed by atoms with Gasteiger partial charge in [0.1, 0.15) is 0 Å². The highest BCUT2D eigenvalue weighted by Crippen LogP contribution is 2.12. The van der Waals surface area contributed by atoms with Crippen LogP contribution in [0.5, 0.6) is 0 Å². The minimum Gasteiger partial charge on any atom is -0.299 e. The lowest BCUT2D eigenvalue weighted by molar-refractivity contribution is 0.290. The highest BCUT2D eigenvalue weighted by molar-refractivity contribution is 6.30. The Morgan fingerprint density at radius 1 is 1.38 bits per heavy atom. The quantitative estimate of drug-likeness (QED) is 0.772. The number of benzene rings is 1. The van der Waals surface area contributed by atoms with Crippen LogP contribution >= 0.6 is 11.6 Å². The van der Waals surface area contributed by atoms with Crippen molar-refractivity contribution in [2.45, 2.75) is 12.8 Å². The summed E-state index contributed by atoms with van der Waals surface area (Å²) in [4.78, 5) is 2.45. The van der Waals surface area contributed by atoms with E-state index in [4.69, 9.17) is 11.6 Å². The minimum absolute atomic E-state index is 0.799. The summed E-state index contributed by atoms with van der Waals surface area (Å²) in [6.45, 7) is 3.37. The molecule has 0 bridgehead atoms. The molecule has 1 heterocycles. The molecule has 0 unspecified atom stereocenters. The first-order valence-electron chi connectivity index (χ1n) is 5.81. The Kier molecular flexibility index (Phi) is 4.44. The maximum atomic E-state index is 5.92. The first-order chi connectivity index (χ1) is 7.84. The molecule has 1 fully saturated rings. The van der Waals surface area contributed by atoms with Gasteiger partial charge in [-0.05, 0) is 43.5 Å². The second-order valence-corrected chi connectivity index (χ2v) is 4.58. The van der Waals surface area contributed by atoms with Crippen molar-refractivity contribution in [1.29, 1.82) is 0 Å². The van der Waals surface area contributed by atoms with E-state index in [2.05, 4.69) is 29.5 Å². The van der Waals surface area contributed by atoms with E-state index in [0.717, 1.165) is 18.1 Å². The molecular formula is C14H17ClN. The molecule has 0 N–H and O–H groups in total. The average Bonchev–Trinajstić information content (AvgIpc) is 2.30. The van der Waals surface area contributed by atoms with Crippen LogP contribution in [0, 0.1) is 6.42 Å². The van der Waals surface area contributed by atoms with E-state index >= 15 is 0 Å². The van der Waals surface area contributed by atoms with Crippen LogP contribution in [-0.4, -0.2) is 24.5 Å². The van der Waals surface area contributed by atoms with Gasteiger partial charge in [0.25, 0.3) is 0 Å². The van der Waals surface area contributed by atoms with Crippen LogP contribution in [0.3, 0.4) is 0 Å². The Morgan fingerprint density at radius 3 is 3.06 bits per heavy atom. The number of halogens is 1. The van der Waals surface area contributed by atoms with Crippen molar-refractivity contribution in [3.63, 3.8) is 0 Å². The summed E-state index contributed by atoms with van der Waals surface area (Å²) >= 11 is 5.92. The normalized spacial score (nSPS) is 18.1. The summed E-state index contributed by atoms with van der Waals surface area (Å²) in [5.41, 5.74) is 1.17. The van der Waals surface area contributed by atoms with E-state index in [1.54, 1.807) is 0 Å². The molecule has 16 heavy (non-hydrogen) atoms. The molecule has 2 rings (SSSR count). The molecule has 0 saturated carbocycles. The lowest BCUT2D eigenvalue weighted by Crippen LogP contribution is -2.29. The van der Waals surface area contributed by atoms with Crippen LogP contribution in [0.15, 0.2) is 30.3 Å². The number of likely N-dealkylation sites (tertiary alicyclic amines) is 1. The van der Waals surface area contributed by atoms with Gasteiger partial charge in [0.15, 0.2) is 0 Å². The van der Waals surface area contributed by atoms with Crippen LogP contribution in [0.4, 0.5) is 0 Å². The third kappa shape index (κ3) is 3.66. The number of hydrogen-bond donors (Lipinski definition) is 0. The van der Waals surface area contributed by atoms with Crippen molar-refractivity contribution in [3.05, 3.63) is 47.3 Å². The molecule has 1 radical (unpaired) electrons. The summed E-state index contributed by atoms with van der Waals surface area (Å²) in [5, 5.41) is 0.799. The average molecular weight is 235 g/mol. The summed E-state index contributed by atoms with van der Waals surface area (Å²) in [6.07, 6.45) is 9.28. The maximum Gasteiger partial charge on any atom is 0.0411 e. The van der Waals surface area contributed by atoms with Crippen LogP contribution in [0.2, 0.25) is 5.02 Å². The predicted molar refractivity (Wildman–Crippen MR) is 70.5 cm³/mol. The fraction of sp³-hybridized carbons (Fsp3) is 0.357. The molecule has 1 aromatic rings. The summed E-state index contributed by atoms with van der Waals surface area (Å²) in [7, 11) is 0. The summed E-state index contributed by atoms with van der Waals surface area (Å²) in [5.74, 6) is 0. The van der Waals surface area contributed by atoms with E-state index in [-0.39, 0.29) is 0 Å². The molecular weight excluding hydrogens is 218 g/mol. The molecule has 2 heteroatoms. The standard InChI is InChI=1S/C14H17ClN/c15-14-8-4-6-13(12-14)7-5-11-16-9-2-1-3-10-16/h2,4-8,12H,1,3,9-11H2. The fourth-order valence-electron chi connectivity index (χ4n) is 1.94. The van der Waals surface area contributed by atoms with E-state index in [9.17, 15) is 0 Å². The molecule has 0 aliphatic carbocycles. The van der Waals surface area contributed by atoms with Gasteiger partial charge in [-0.3, -0.25) is 4.90 Å². The SMILES string of the molecule is Clc1cccc(C=CCN2C[CH]CCC2)c1. The van der Waals surface area contributed by atoms with Crippen LogP contribution in [0.25, 0.3) is 6.08 Å². The van der Waals surface area contributed by atoms with Gasteiger partial charge in [-0.1, -0.05) is 35.9 Å². The Labute approximate surface area is 103 Å². The van der Waals surface area contributed by atoms with E-state index in [1.807, 2.05) is 18.2 Å². The molecule has 85 valence electrons. The third-order valence-electron chi connectivity index (χ3n) is 2.79. The van der Waals surface area contributed by atoms with Crippen molar-refractivity contribution in [2.75, 3.05) is 19.6 Å². The van der Waals surface area contributed by atoms with Gasteiger partial charge in [-0.15, -0.1) is 0 Å². The van der Waals surface area contributed by atoms with Crippen molar-refractivity contribution in [3.8, 4) is 0 Å². The van der Waals surface area contributed by atoms with Gasteiger partial charge < -0.3 is 0 Å². The van der Waals surface area contributed by atoms with Gasteiger partial charge in [-0.25, -0.2) is 0 Å². The lowest BCUT2D eigenvalue weighted by Gasteiger charge is -2.24.